The molecule has 0 saturated carbocycles. The average Bonchev–Trinajstić information content (AvgIpc) is 2.80. The number of carbonyl (C=O) groups is 1. The molecule has 2 heterocycles. The Morgan fingerprint density at radius 2 is 1.85 bits per heavy atom. The van der Waals surface area contributed by atoms with Gasteiger partial charge in [-0.3, -0.25) is 4.40 Å². The van der Waals surface area contributed by atoms with Crippen molar-refractivity contribution in [2.24, 2.45) is 0 Å². The van der Waals surface area contributed by atoms with E-state index in [-0.39, 0.29) is 5.69 Å². The Labute approximate surface area is 116 Å². The molecule has 0 aliphatic carbocycles. The van der Waals surface area contributed by atoms with Gasteiger partial charge in [0.25, 0.3) is 0 Å². The Morgan fingerprint density at radius 3 is 2.50 bits per heavy atom. The number of aryl methyl sites for hydroxylation is 2. The lowest BCUT2D eigenvalue weighted by Gasteiger charge is -2.01. The van der Waals surface area contributed by atoms with Gasteiger partial charge in [-0.2, -0.15) is 0 Å². The molecule has 0 amide bonds. The lowest BCUT2D eigenvalue weighted by Crippen LogP contribution is -2.03. The van der Waals surface area contributed by atoms with Crippen molar-refractivity contribution in [3.8, 4) is 11.3 Å². The number of hydrogen-bond donors (Lipinski definition) is 1. The van der Waals surface area contributed by atoms with Crippen LogP contribution in [0.2, 0.25) is 0 Å². The number of rotatable bonds is 2. The molecule has 0 bridgehead atoms. The summed E-state index contributed by atoms with van der Waals surface area (Å²) in [7, 11) is 0. The number of pyridine rings is 1. The van der Waals surface area contributed by atoms with Gasteiger partial charge >= 0.3 is 5.97 Å². The van der Waals surface area contributed by atoms with Crippen molar-refractivity contribution < 1.29 is 9.90 Å². The first-order valence-electron chi connectivity index (χ1n) is 6.36. The Morgan fingerprint density at radius 1 is 1.15 bits per heavy atom. The van der Waals surface area contributed by atoms with E-state index in [1.54, 1.807) is 10.6 Å². The molecule has 0 atom stereocenters. The highest BCUT2D eigenvalue weighted by atomic mass is 16.4. The molecule has 3 aromatic rings. The molecule has 0 spiro atoms. The summed E-state index contributed by atoms with van der Waals surface area (Å²) in [6.07, 6.45) is 1.73. The van der Waals surface area contributed by atoms with Crippen LogP contribution in [0.4, 0.5) is 0 Å². The van der Waals surface area contributed by atoms with Crippen LogP contribution in [0, 0.1) is 13.8 Å². The number of fused-ring (bicyclic) bond motifs is 1. The zero-order valence-corrected chi connectivity index (χ0v) is 11.3. The molecule has 100 valence electrons. The minimum absolute atomic E-state index is 0.201. The van der Waals surface area contributed by atoms with Gasteiger partial charge in [-0.25, -0.2) is 9.78 Å². The molecular weight excluding hydrogens is 252 g/mol. The number of carboxylic acid groups (broad SMARTS) is 1. The van der Waals surface area contributed by atoms with Crippen LogP contribution in [-0.4, -0.2) is 20.5 Å². The third kappa shape index (κ3) is 1.86. The second-order valence-electron chi connectivity index (χ2n) is 4.87. The topological polar surface area (TPSA) is 54.6 Å². The summed E-state index contributed by atoms with van der Waals surface area (Å²) >= 11 is 0. The largest absolute Gasteiger partial charge is 0.476 e. The fraction of sp³-hybridized carbons (Fsp3) is 0.125. The Balaban J connectivity index is 2.35. The van der Waals surface area contributed by atoms with E-state index >= 15 is 0 Å². The fourth-order valence-corrected chi connectivity index (χ4v) is 2.32. The van der Waals surface area contributed by atoms with Crippen LogP contribution in [0.5, 0.6) is 0 Å². The summed E-state index contributed by atoms with van der Waals surface area (Å²) in [5.74, 6) is -0.973. The number of carboxylic acids is 1. The summed E-state index contributed by atoms with van der Waals surface area (Å²) in [6, 6.07) is 11.5. The maximum absolute atomic E-state index is 11.6. The van der Waals surface area contributed by atoms with Gasteiger partial charge in [0.2, 0.25) is 0 Å². The summed E-state index contributed by atoms with van der Waals surface area (Å²) in [6.45, 7) is 3.92. The molecule has 0 aliphatic heterocycles. The van der Waals surface area contributed by atoms with Crippen LogP contribution < -0.4 is 0 Å². The molecule has 3 rings (SSSR count). The zero-order valence-electron chi connectivity index (χ0n) is 11.3. The van der Waals surface area contributed by atoms with E-state index in [0.717, 1.165) is 16.7 Å². The molecule has 1 N–H and O–H groups in total. The molecule has 0 saturated heterocycles. The van der Waals surface area contributed by atoms with E-state index in [1.807, 2.05) is 50.2 Å². The molecule has 0 aliphatic rings. The van der Waals surface area contributed by atoms with E-state index < -0.39 is 5.97 Å². The predicted octanol–water partition coefficient (Wildman–Crippen LogP) is 3.32. The van der Waals surface area contributed by atoms with Crippen molar-refractivity contribution >= 4 is 11.6 Å². The van der Waals surface area contributed by atoms with Gasteiger partial charge in [0.15, 0.2) is 5.69 Å². The van der Waals surface area contributed by atoms with Crippen LogP contribution in [0.25, 0.3) is 16.9 Å². The zero-order chi connectivity index (χ0) is 14.3. The third-order valence-corrected chi connectivity index (χ3v) is 3.37. The highest BCUT2D eigenvalue weighted by Crippen LogP contribution is 2.26. The number of imidazole rings is 1. The highest BCUT2D eigenvalue weighted by molar-refractivity contribution is 5.95. The van der Waals surface area contributed by atoms with Crippen molar-refractivity contribution in [2.45, 2.75) is 13.8 Å². The van der Waals surface area contributed by atoms with E-state index in [9.17, 15) is 9.90 Å². The smallest absolute Gasteiger partial charge is 0.355 e. The summed E-state index contributed by atoms with van der Waals surface area (Å²) in [5, 5.41) is 9.50. The van der Waals surface area contributed by atoms with E-state index in [4.69, 9.17) is 0 Å². The molecular formula is C16H14N2O2. The lowest BCUT2D eigenvalue weighted by molar-refractivity contribution is 0.0690. The molecule has 4 nitrogen and oxygen atoms in total. The minimum Gasteiger partial charge on any atom is -0.476 e. The molecule has 20 heavy (non-hydrogen) atoms. The Bertz CT molecular complexity index is 801. The van der Waals surface area contributed by atoms with Crippen molar-refractivity contribution in [1.82, 2.24) is 9.38 Å². The number of nitrogens with zero attached hydrogens (tertiary/aromatic N) is 2. The van der Waals surface area contributed by atoms with Crippen LogP contribution in [0.15, 0.2) is 42.6 Å². The van der Waals surface area contributed by atoms with Crippen LogP contribution >= 0.6 is 0 Å². The van der Waals surface area contributed by atoms with Gasteiger partial charge < -0.3 is 5.11 Å². The molecule has 0 unspecified atom stereocenters. The standard InChI is InChI=1S/C16H14N2O2/c1-10-5-7-12(8-6-10)13-14(16(19)20)18-9-3-4-11(2)15(18)17-13/h3-9H,1-2H3,(H,19,20). The minimum atomic E-state index is -0.973. The monoisotopic (exact) mass is 266 g/mol. The van der Waals surface area contributed by atoms with E-state index in [2.05, 4.69) is 4.98 Å². The Kier molecular flexibility index (Phi) is 2.79. The van der Waals surface area contributed by atoms with Crippen molar-refractivity contribution in [3.63, 3.8) is 0 Å². The maximum atomic E-state index is 11.6. The van der Waals surface area contributed by atoms with Gasteiger partial charge in [-0.1, -0.05) is 35.9 Å². The summed E-state index contributed by atoms with van der Waals surface area (Å²) < 4.78 is 1.63. The predicted molar refractivity (Wildman–Crippen MR) is 77.1 cm³/mol. The first kappa shape index (κ1) is 12.4. The molecule has 0 radical (unpaired) electrons. The SMILES string of the molecule is Cc1ccc(-c2nc3c(C)cccn3c2C(=O)O)cc1. The number of aromatic nitrogens is 2. The first-order valence-corrected chi connectivity index (χ1v) is 6.36. The summed E-state index contributed by atoms with van der Waals surface area (Å²) in [4.78, 5) is 16.1. The van der Waals surface area contributed by atoms with Gasteiger partial charge in [-0.05, 0) is 25.5 Å². The number of aromatic carboxylic acids is 1. The Hall–Kier alpha value is -2.62. The van der Waals surface area contributed by atoms with E-state index in [0.29, 0.717) is 11.3 Å². The quantitative estimate of drug-likeness (QED) is 0.774. The normalized spacial score (nSPS) is 10.9. The van der Waals surface area contributed by atoms with Gasteiger partial charge in [0, 0.05) is 11.8 Å². The second kappa shape index (κ2) is 4.49. The van der Waals surface area contributed by atoms with Gasteiger partial charge in [0.1, 0.15) is 11.3 Å². The van der Waals surface area contributed by atoms with Crippen molar-refractivity contribution in [2.75, 3.05) is 0 Å². The molecule has 2 aromatic heterocycles. The summed E-state index contributed by atoms with van der Waals surface area (Å²) in [5.41, 5.74) is 4.29. The van der Waals surface area contributed by atoms with Crippen molar-refractivity contribution in [3.05, 3.63) is 59.4 Å². The number of benzene rings is 1. The van der Waals surface area contributed by atoms with E-state index in [1.165, 1.54) is 0 Å². The first-order chi connectivity index (χ1) is 9.58. The lowest BCUT2D eigenvalue weighted by atomic mass is 10.1. The maximum Gasteiger partial charge on any atom is 0.355 e. The van der Waals surface area contributed by atoms with Crippen LogP contribution in [-0.2, 0) is 0 Å². The second-order valence-corrected chi connectivity index (χ2v) is 4.87. The molecule has 0 fully saturated rings. The molecule has 4 heteroatoms. The third-order valence-electron chi connectivity index (χ3n) is 3.37. The van der Waals surface area contributed by atoms with Gasteiger partial charge in [-0.15, -0.1) is 0 Å². The van der Waals surface area contributed by atoms with Gasteiger partial charge in [0.05, 0.1) is 0 Å². The molecule has 1 aromatic carbocycles. The number of hydrogen-bond acceptors (Lipinski definition) is 2. The van der Waals surface area contributed by atoms with Crippen LogP contribution in [0.1, 0.15) is 21.6 Å². The average molecular weight is 266 g/mol. The van der Waals surface area contributed by atoms with Crippen LogP contribution in [0.3, 0.4) is 0 Å². The van der Waals surface area contributed by atoms with Crippen molar-refractivity contribution in [1.29, 1.82) is 0 Å². The fourth-order valence-electron chi connectivity index (χ4n) is 2.32. The highest BCUT2D eigenvalue weighted by Gasteiger charge is 2.20.